The van der Waals surface area contributed by atoms with Crippen LogP contribution in [0.4, 0.5) is 11.4 Å². The normalized spacial score (nSPS) is 18.2. The van der Waals surface area contributed by atoms with E-state index in [4.69, 9.17) is 4.52 Å². The van der Waals surface area contributed by atoms with E-state index in [0.717, 1.165) is 12.0 Å². The molecule has 0 bridgehead atoms. The van der Waals surface area contributed by atoms with Gasteiger partial charge in [-0.1, -0.05) is 35.5 Å². The van der Waals surface area contributed by atoms with Gasteiger partial charge in [0.2, 0.25) is 0 Å². The Morgan fingerprint density at radius 2 is 1.81 bits per heavy atom. The van der Waals surface area contributed by atoms with Gasteiger partial charge in [0.15, 0.2) is 11.6 Å². The first-order valence-corrected chi connectivity index (χ1v) is 12.2. The molecule has 9 heteroatoms. The highest BCUT2D eigenvalue weighted by molar-refractivity contribution is 6.24. The Balaban J connectivity index is 1.48. The molecule has 2 aromatic carbocycles. The summed E-state index contributed by atoms with van der Waals surface area (Å²) < 4.78 is 5.39. The van der Waals surface area contributed by atoms with Crippen molar-refractivity contribution in [2.45, 2.75) is 50.9 Å². The van der Waals surface area contributed by atoms with E-state index >= 15 is 0 Å². The van der Waals surface area contributed by atoms with Gasteiger partial charge in [-0.3, -0.25) is 24.7 Å². The third kappa shape index (κ3) is 5.11. The molecule has 1 atom stereocenters. The number of aliphatic hydroxyl groups excluding tert-OH is 1. The minimum atomic E-state index is -0.498. The molecule has 0 radical (unpaired) electrons. The predicted octanol–water partition coefficient (Wildman–Crippen LogP) is 5.77. The van der Waals surface area contributed by atoms with Crippen LogP contribution < -0.4 is 0 Å². The van der Waals surface area contributed by atoms with Gasteiger partial charge in [-0.25, -0.2) is 0 Å². The van der Waals surface area contributed by atoms with Crippen LogP contribution in [0, 0.1) is 10.1 Å². The van der Waals surface area contributed by atoms with Crippen LogP contribution in [0.2, 0.25) is 0 Å². The van der Waals surface area contributed by atoms with Gasteiger partial charge in [-0.15, -0.1) is 0 Å². The molecule has 188 valence electrons. The molecule has 2 aliphatic rings. The molecular weight excluding hydrogens is 474 g/mol. The number of Topliss-reactive ketones (excluding diaryl/α,β-unsaturated/α-hetero) is 2. The van der Waals surface area contributed by atoms with E-state index in [-0.39, 0.29) is 47.3 Å². The highest BCUT2D eigenvalue weighted by Gasteiger charge is 2.32. The lowest BCUT2D eigenvalue weighted by atomic mass is 9.80. The van der Waals surface area contributed by atoms with E-state index in [0.29, 0.717) is 54.1 Å². The van der Waals surface area contributed by atoms with Crippen LogP contribution in [-0.2, 0) is 17.6 Å². The van der Waals surface area contributed by atoms with Crippen molar-refractivity contribution in [1.29, 1.82) is 0 Å². The van der Waals surface area contributed by atoms with Crippen LogP contribution >= 0.6 is 0 Å². The fourth-order valence-electron chi connectivity index (χ4n) is 5.02. The van der Waals surface area contributed by atoms with Crippen LogP contribution in [0.3, 0.4) is 0 Å². The maximum absolute atomic E-state index is 13.3. The molecule has 1 N–H and O–H groups in total. The molecule has 37 heavy (non-hydrogen) atoms. The number of non-ortho nitro benzene ring substituents is 1. The zero-order valence-electron chi connectivity index (χ0n) is 20.1. The van der Waals surface area contributed by atoms with E-state index in [1.165, 1.54) is 24.3 Å². The number of nitro benzene ring substituents is 1. The highest BCUT2D eigenvalue weighted by Crippen LogP contribution is 2.35. The number of ketones is 2. The Hall–Kier alpha value is -4.40. The quantitative estimate of drug-likeness (QED) is 0.248. The fourth-order valence-corrected chi connectivity index (χ4v) is 5.02. The van der Waals surface area contributed by atoms with Gasteiger partial charge in [-0.05, 0) is 42.9 Å². The summed E-state index contributed by atoms with van der Waals surface area (Å²) >= 11 is 0. The number of carbonyl (C=O) groups is 2. The number of aliphatic hydroxyl groups is 1. The van der Waals surface area contributed by atoms with Crippen molar-refractivity contribution in [3.63, 3.8) is 0 Å². The molecule has 3 aromatic rings. The fraction of sp³-hybridized carbons (Fsp3) is 0.286. The summed E-state index contributed by atoms with van der Waals surface area (Å²) in [5.74, 6) is 0.174. The number of nitro groups is 1. The van der Waals surface area contributed by atoms with Crippen molar-refractivity contribution in [3.8, 4) is 0 Å². The third-order valence-electron chi connectivity index (χ3n) is 6.84. The van der Waals surface area contributed by atoms with Crippen molar-refractivity contribution < 1.29 is 24.1 Å². The molecule has 5 rings (SSSR count). The summed E-state index contributed by atoms with van der Waals surface area (Å²) in [5, 5.41) is 26.2. The van der Waals surface area contributed by atoms with Crippen LogP contribution in [0.1, 0.15) is 65.4 Å². The van der Waals surface area contributed by atoms with E-state index in [1.54, 1.807) is 0 Å². The minimum Gasteiger partial charge on any atom is -0.511 e. The molecule has 1 unspecified atom stereocenters. The second kappa shape index (κ2) is 10.3. The van der Waals surface area contributed by atoms with Gasteiger partial charge < -0.3 is 9.63 Å². The molecule has 9 nitrogen and oxygen atoms in total. The number of nitrogens with zero attached hydrogens (tertiary/aromatic N) is 3. The first kappa shape index (κ1) is 24.3. The van der Waals surface area contributed by atoms with Gasteiger partial charge in [0, 0.05) is 37.8 Å². The molecular formula is C28H25N3O6. The Bertz CT molecular complexity index is 1420. The summed E-state index contributed by atoms with van der Waals surface area (Å²) in [6.07, 6.45) is 2.86. The number of carbonyl (C=O) groups excluding carboxylic acids is 2. The summed E-state index contributed by atoms with van der Waals surface area (Å²) in [7, 11) is 0. The summed E-state index contributed by atoms with van der Waals surface area (Å²) in [6, 6.07) is 15.2. The van der Waals surface area contributed by atoms with E-state index in [9.17, 15) is 24.8 Å². The maximum atomic E-state index is 13.3. The summed E-state index contributed by atoms with van der Waals surface area (Å²) in [5.41, 5.74) is 2.85. The monoisotopic (exact) mass is 499 g/mol. The van der Waals surface area contributed by atoms with Gasteiger partial charge in [0.05, 0.1) is 33.2 Å². The number of hydrogen-bond donors (Lipinski definition) is 1. The van der Waals surface area contributed by atoms with Crippen LogP contribution in [0.5, 0.6) is 0 Å². The largest absolute Gasteiger partial charge is 0.511 e. The zero-order valence-corrected chi connectivity index (χ0v) is 20.1. The average Bonchev–Trinajstić information content (AvgIpc) is 3.32. The van der Waals surface area contributed by atoms with Crippen molar-refractivity contribution in [3.05, 3.63) is 98.6 Å². The number of fused-ring (bicyclic) bond motifs is 1. The predicted molar refractivity (Wildman–Crippen MR) is 135 cm³/mol. The van der Waals surface area contributed by atoms with Crippen LogP contribution in [0.15, 0.2) is 75.4 Å². The number of rotatable bonds is 7. The Labute approximate surface area is 212 Å². The van der Waals surface area contributed by atoms with E-state index in [1.807, 2.05) is 30.3 Å². The number of benzene rings is 2. The summed E-state index contributed by atoms with van der Waals surface area (Å²) in [4.78, 5) is 41.0. The number of aromatic nitrogens is 1. The van der Waals surface area contributed by atoms with Crippen molar-refractivity contribution in [2.75, 3.05) is 0 Å². The van der Waals surface area contributed by atoms with Gasteiger partial charge in [0.1, 0.15) is 11.5 Å². The lowest BCUT2D eigenvalue weighted by Gasteiger charge is -2.24. The Morgan fingerprint density at radius 1 is 1.05 bits per heavy atom. The first-order valence-electron chi connectivity index (χ1n) is 12.2. The number of hydrogen-bond acceptors (Lipinski definition) is 8. The first-order chi connectivity index (χ1) is 17.9. The lowest BCUT2D eigenvalue weighted by Crippen LogP contribution is -2.24. The number of allylic oxidation sites excluding steroid dienone is 2. The van der Waals surface area contributed by atoms with Crippen molar-refractivity contribution in [2.24, 2.45) is 4.99 Å². The third-order valence-corrected chi connectivity index (χ3v) is 6.84. The maximum Gasteiger partial charge on any atom is 0.269 e. The molecule has 2 aliphatic carbocycles. The molecule has 0 saturated carbocycles. The number of aliphatic imine (C=N–C) groups is 1. The molecule has 1 heterocycles. The standard InChI is InChI=1S/C28H25N3O6/c32-23-7-4-8-26-28(23)22(30-37-26)14-13-21(29-19-9-11-20(12-10-19)31(35)36)27-24(33)15-18(16-25(27)34)17-5-2-1-3-6-17/h1-3,5-6,9-12,18,33H,4,7-8,13-16H2. The molecule has 0 spiro atoms. The second-order valence-electron chi connectivity index (χ2n) is 9.30. The lowest BCUT2D eigenvalue weighted by molar-refractivity contribution is -0.384. The molecule has 0 amide bonds. The van der Waals surface area contributed by atoms with Gasteiger partial charge in [0.25, 0.3) is 5.69 Å². The van der Waals surface area contributed by atoms with Gasteiger partial charge in [-0.2, -0.15) is 0 Å². The molecule has 0 fully saturated rings. The minimum absolute atomic E-state index is 0.00661. The SMILES string of the molecule is O=C1CC(c2ccccc2)CC(O)=C1C(CCc1noc2c1C(=O)CCC2)=Nc1ccc([N+](=O)[O-])cc1. The van der Waals surface area contributed by atoms with E-state index in [2.05, 4.69) is 10.1 Å². The van der Waals surface area contributed by atoms with Gasteiger partial charge >= 0.3 is 0 Å². The van der Waals surface area contributed by atoms with Crippen LogP contribution in [-0.4, -0.2) is 32.5 Å². The number of aryl methyl sites for hydroxylation is 2. The van der Waals surface area contributed by atoms with E-state index < -0.39 is 4.92 Å². The van der Waals surface area contributed by atoms with Crippen molar-refractivity contribution >= 4 is 28.7 Å². The smallest absolute Gasteiger partial charge is 0.269 e. The Morgan fingerprint density at radius 3 is 2.51 bits per heavy atom. The average molecular weight is 500 g/mol. The zero-order chi connectivity index (χ0) is 25.9. The Kier molecular flexibility index (Phi) is 6.76. The highest BCUT2D eigenvalue weighted by atomic mass is 16.6. The van der Waals surface area contributed by atoms with Crippen molar-refractivity contribution in [1.82, 2.24) is 5.16 Å². The molecule has 0 saturated heterocycles. The topological polar surface area (TPSA) is 136 Å². The molecule has 0 aliphatic heterocycles. The summed E-state index contributed by atoms with van der Waals surface area (Å²) in [6.45, 7) is 0. The van der Waals surface area contributed by atoms with Crippen LogP contribution in [0.25, 0.3) is 0 Å². The second-order valence-corrected chi connectivity index (χ2v) is 9.30. The molecule has 1 aromatic heterocycles.